The van der Waals surface area contributed by atoms with Crippen molar-refractivity contribution in [3.63, 3.8) is 0 Å². The van der Waals surface area contributed by atoms with Crippen LogP contribution in [0.3, 0.4) is 0 Å². The highest BCUT2D eigenvalue weighted by Gasteiger charge is 2.25. The number of halogens is 2. The van der Waals surface area contributed by atoms with Gasteiger partial charge in [0.15, 0.2) is 0 Å². The monoisotopic (exact) mass is 357 g/mol. The number of hydrogen-bond donors (Lipinski definition) is 3. The average molecular weight is 358 g/mol. The third-order valence-electron chi connectivity index (χ3n) is 4.12. The molecule has 3 N–H and O–H groups in total. The maximum atomic E-state index is 12.3. The van der Waals surface area contributed by atoms with Crippen LogP contribution in [-0.4, -0.2) is 41.7 Å². The number of carbonyl (C=O) groups excluding carboxylic acids is 1. The minimum Gasteiger partial charge on any atom is -0.391 e. The second-order valence-corrected chi connectivity index (χ2v) is 5.51. The van der Waals surface area contributed by atoms with Crippen molar-refractivity contribution in [1.29, 1.82) is 0 Å². The minimum absolute atomic E-state index is 0. The van der Waals surface area contributed by atoms with Crippen LogP contribution in [0, 0.1) is 12.8 Å². The number of β-amino-alcohol motifs (C(OH)–C–C–N with tert-alkyl or cyclic N) is 1. The number of pyridine rings is 1. The summed E-state index contributed by atoms with van der Waals surface area (Å²) >= 11 is 0. The molecule has 0 bridgehead atoms. The Bertz CT molecular complexity index is 681. The van der Waals surface area contributed by atoms with Gasteiger partial charge in [-0.1, -0.05) is 18.2 Å². The van der Waals surface area contributed by atoms with E-state index in [0.717, 1.165) is 23.0 Å². The molecular weight excluding hydrogens is 337 g/mol. The predicted molar refractivity (Wildman–Crippen MR) is 95.7 cm³/mol. The topological polar surface area (TPSA) is 74.2 Å². The van der Waals surface area contributed by atoms with Crippen molar-refractivity contribution in [2.45, 2.75) is 13.0 Å². The molecule has 1 aromatic carbocycles. The molecule has 126 valence electrons. The zero-order valence-electron chi connectivity index (χ0n) is 12.8. The average Bonchev–Trinajstić information content (AvgIpc) is 2.91. The SMILES string of the molecule is Cc1c(C(=O)NCC2CNCC2O)cnc2ccccc12.Cl.Cl. The van der Waals surface area contributed by atoms with Gasteiger partial charge in [-0.3, -0.25) is 9.78 Å². The zero-order valence-corrected chi connectivity index (χ0v) is 14.4. The number of carbonyl (C=O) groups is 1. The minimum atomic E-state index is -0.388. The molecule has 1 aliphatic heterocycles. The van der Waals surface area contributed by atoms with Crippen LogP contribution in [-0.2, 0) is 0 Å². The number of nitrogens with one attached hydrogen (secondary N) is 2. The van der Waals surface area contributed by atoms with E-state index in [1.165, 1.54) is 0 Å². The first-order chi connectivity index (χ1) is 10.2. The molecule has 5 nitrogen and oxygen atoms in total. The van der Waals surface area contributed by atoms with Crippen LogP contribution in [0.1, 0.15) is 15.9 Å². The summed E-state index contributed by atoms with van der Waals surface area (Å²) in [5.74, 6) is -0.0625. The summed E-state index contributed by atoms with van der Waals surface area (Å²) in [5.41, 5.74) is 2.42. The summed E-state index contributed by atoms with van der Waals surface area (Å²) in [5, 5.41) is 16.7. The van der Waals surface area contributed by atoms with Crippen LogP contribution in [0.25, 0.3) is 10.9 Å². The van der Waals surface area contributed by atoms with Gasteiger partial charge in [-0.05, 0) is 18.6 Å². The second-order valence-electron chi connectivity index (χ2n) is 5.51. The fourth-order valence-corrected chi connectivity index (χ4v) is 2.75. The molecule has 1 saturated heterocycles. The Hall–Kier alpha value is -1.40. The van der Waals surface area contributed by atoms with Crippen LogP contribution < -0.4 is 10.6 Å². The van der Waals surface area contributed by atoms with Crippen molar-refractivity contribution in [1.82, 2.24) is 15.6 Å². The Morgan fingerprint density at radius 1 is 1.35 bits per heavy atom. The summed E-state index contributed by atoms with van der Waals surface area (Å²) in [6.07, 6.45) is 1.23. The highest BCUT2D eigenvalue weighted by Crippen LogP contribution is 2.19. The summed E-state index contributed by atoms with van der Waals surface area (Å²) < 4.78 is 0. The van der Waals surface area contributed by atoms with Gasteiger partial charge in [0.25, 0.3) is 5.91 Å². The normalized spacial score (nSPS) is 19.7. The second kappa shape index (κ2) is 8.45. The van der Waals surface area contributed by atoms with E-state index in [-0.39, 0.29) is 42.7 Å². The quantitative estimate of drug-likeness (QED) is 0.781. The van der Waals surface area contributed by atoms with Gasteiger partial charge in [-0.15, -0.1) is 24.8 Å². The van der Waals surface area contributed by atoms with Crippen LogP contribution >= 0.6 is 24.8 Å². The lowest BCUT2D eigenvalue weighted by Gasteiger charge is -2.15. The number of hydrogen-bond acceptors (Lipinski definition) is 4. The Kier molecular flexibility index (Phi) is 7.22. The molecule has 3 rings (SSSR count). The smallest absolute Gasteiger partial charge is 0.253 e. The van der Waals surface area contributed by atoms with Gasteiger partial charge in [0.2, 0.25) is 0 Å². The largest absolute Gasteiger partial charge is 0.391 e. The lowest BCUT2D eigenvalue weighted by atomic mass is 10.0. The van der Waals surface area contributed by atoms with E-state index in [0.29, 0.717) is 18.7 Å². The van der Waals surface area contributed by atoms with E-state index in [9.17, 15) is 9.90 Å². The summed E-state index contributed by atoms with van der Waals surface area (Å²) in [6, 6.07) is 7.78. The number of para-hydroxylation sites is 1. The maximum Gasteiger partial charge on any atom is 0.253 e. The Balaban J connectivity index is 0.00000132. The van der Waals surface area contributed by atoms with Gasteiger partial charge in [-0.2, -0.15) is 0 Å². The fraction of sp³-hybridized carbons (Fsp3) is 0.375. The molecular formula is C16H21Cl2N3O2. The standard InChI is InChI=1S/C16H19N3O2.2ClH/c1-10-12-4-2-3-5-14(12)18-8-13(10)16(21)19-7-11-6-17-9-15(11)20;;/h2-5,8,11,15,17,20H,6-7,9H2,1H3,(H,19,21);2*1H. The Morgan fingerprint density at radius 3 is 2.78 bits per heavy atom. The van der Waals surface area contributed by atoms with Gasteiger partial charge in [-0.25, -0.2) is 0 Å². The van der Waals surface area contributed by atoms with Crippen LogP contribution in [0.2, 0.25) is 0 Å². The summed E-state index contributed by atoms with van der Waals surface area (Å²) in [6.45, 7) is 3.73. The fourth-order valence-electron chi connectivity index (χ4n) is 2.75. The van der Waals surface area contributed by atoms with Crippen LogP contribution in [0.15, 0.2) is 30.5 Å². The number of aliphatic hydroxyl groups is 1. The number of aromatic nitrogens is 1. The number of aliphatic hydroxyl groups excluding tert-OH is 1. The van der Waals surface area contributed by atoms with Crippen molar-refractivity contribution in [3.05, 3.63) is 41.6 Å². The first-order valence-corrected chi connectivity index (χ1v) is 7.18. The molecule has 23 heavy (non-hydrogen) atoms. The highest BCUT2D eigenvalue weighted by atomic mass is 35.5. The molecule has 1 aromatic heterocycles. The lowest BCUT2D eigenvalue weighted by molar-refractivity contribution is 0.0926. The van der Waals surface area contributed by atoms with Gasteiger partial charge >= 0.3 is 0 Å². The Morgan fingerprint density at radius 2 is 2.09 bits per heavy atom. The number of benzene rings is 1. The van der Waals surface area contributed by atoms with Gasteiger partial charge in [0.05, 0.1) is 17.2 Å². The summed E-state index contributed by atoms with van der Waals surface area (Å²) in [4.78, 5) is 16.7. The van der Waals surface area contributed by atoms with E-state index in [2.05, 4.69) is 15.6 Å². The molecule has 2 aromatic rings. The number of amides is 1. The molecule has 1 fully saturated rings. The Labute approximate surface area is 147 Å². The molecule has 1 aliphatic rings. The number of fused-ring (bicyclic) bond motifs is 1. The van der Waals surface area contributed by atoms with Crippen molar-refractivity contribution >= 4 is 41.6 Å². The predicted octanol–water partition coefficient (Wildman–Crippen LogP) is 1.70. The van der Waals surface area contributed by atoms with Gasteiger partial charge < -0.3 is 15.7 Å². The first-order valence-electron chi connectivity index (χ1n) is 7.18. The van der Waals surface area contributed by atoms with Crippen molar-refractivity contribution in [3.8, 4) is 0 Å². The third-order valence-corrected chi connectivity index (χ3v) is 4.12. The highest BCUT2D eigenvalue weighted by molar-refractivity contribution is 5.99. The maximum absolute atomic E-state index is 12.3. The van der Waals surface area contributed by atoms with Crippen LogP contribution in [0.4, 0.5) is 0 Å². The molecule has 0 saturated carbocycles. The van der Waals surface area contributed by atoms with Crippen molar-refractivity contribution in [2.75, 3.05) is 19.6 Å². The summed E-state index contributed by atoms with van der Waals surface area (Å²) in [7, 11) is 0. The third kappa shape index (κ3) is 4.12. The molecule has 1 amide bonds. The zero-order chi connectivity index (χ0) is 14.8. The van der Waals surface area contributed by atoms with Crippen molar-refractivity contribution in [2.24, 2.45) is 5.92 Å². The lowest BCUT2D eigenvalue weighted by Crippen LogP contribution is -2.34. The molecule has 7 heteroatoms. The van der Waals surface area contributed by atoms with E-state index in [1.807, 2.05) is 31.2 Å². The molecule has 0 spiro atoms. The van der Waals surface area contributed by atoms with Gasteiger partial charge in [0, 0.05) is 37.1 Å². The van der Waals surface area contributed by atoms with Crippen molar-refractivity contribution < 1.29 is 9.90 Å². The van der Waals surface area contributed by atoms with Crippen LogP contribution in [0.5, 0.6) is 0 Å². The molecule has 0 radical (unpaired) electrons. The van der Waals surface area contributed by atoms with Gasteiger partial charge in [0.1, 0.15) is 0 Å². The van der Waals surface area contributed by atoms with E-state index < -0.39 is 0 Å². The molecule has 0 aliphatic carbocycles. The van der Waals surface area contributed by atoms with E-state index in [1.54, 1.807) is 6.20 Å². The molecule has 2 heterocycles. The first kappa shape index (κ1) is 19.6. The number of rotatable bonds is 3. The van der Waals surface area contributed by atoms with E-state index in [4.69, 9.17) is 0 Å². The van der Waals surface area contributed by atoms with E-state index >= 15 is 0 Å². The molecule has 2 unspecified atom stereocenters. The number of nitrogens with zero attached hydrogens (tertiary/aromatic N) is 1. The number of aryl methyl sites for hydroxylation is 1. The molecule has 2 atom stereocenters.